The molecule has 0 radical (unpaired) electrons. The third-order valence-electron chi connectivity index (χ3n) is 6.18. The van der Waals surface area contributed by atoms with Gasteiger partial charge in [-0.05, 0) is 80.9 Å². The van der Waals surface area contributed by atoms with Gasteiger partial charge in [-0.3, -0.25) is 14.5 Å². The molecule has 2 aromatic carbocycles. The van der Waals surface area contributed by atoms with Crippen molar-refractivity contribution in [3.63, 3.8) is 0 Å². The molecular weight excluding hydrogens is 409 g/mol. The monoisotopic (exact) mass is 432 g/mol. The third kappa shape index (κ3) is 4.44. The van der Waals surface area contributed by atoms with Gasteiger partial charge in [-0.15, -0.1) is 0 Å². The number of aromatic hydroxyl groups is 1. The maximum Gasteiger partial charge on any atom is 0.416 e. The molecule has 0 saturated carbocycles. The van der Waals surface area contributed by atoms with Gasteiger partial charge in [0.2, 0.25) is 5.91 Å². The number of rotatable bonds is 4. The summed E-state index contributed by atoms with van der Waals surface area (Å²) in [6, 6.07) is 10.6. The average molecular weight is 432 g/mol. The summed E-state index contributed by atoms with van der Waals surface area (Å²) in [6.45, 7) is 1.69. The number of phenolic OH excluding ortho intramolecular Hbond substituents is 1. The van der Waals surface area contributed by atoms with E-state index in [2.05, 4.69) is 4.90 Å². The highest BCUT2D eigenvalue weighted by atomic mass is 19.4. The number of nitrogens with zero attached hydrogens (tertiary/aromatic N) is 2. The lowest BCUT2D eigenvalue weighted by Gasteiger charge is -2.34. The predicted octanol–water partition coefficient (Wildman–Crippen LogP) is 4.11. The minimum Gasteiger partial charge on any atom is -0.508 e. The Morgan fingerprint density at radius 1 is 0.903 bits per heavy atom. The molecule has 0 aromatic heterocycles. The highest BCUT2D eigenvalue weighted by Gasteiger charge is 2.39. The van der Waals surface area contributed by atoms with Gasteiger partial charge in [0.15, 0.2) is 5.78 Å². The average Bonchev–Trinajstić information content (AvgIpc) is 3.14. The van der Waals surface area contributed by atoms with Crippen LogP contribution in [0.25, 0.3) is 0 Å². The van der Waals surface area contributed by atoms with Crippen LogP contribution in [0.2, 0.25) is 0 Å². The number of hydrogen-bond acceptors (Lipinski definition) is 4. The molecule has 1 unspecified atom stereocenters. The van der Waals surface area contributed by atoms with Crippen LogP contribution in [0.5, 0.6) is 5.75 Å². The first kappa shape index (κ1) is 21.4. The predicted molar refractivity (Wildman–Crippen MR) is 109 cm³/mol. The Hall–Kier alpha value is -2.87. The Kier molecular flexibility index (Phi) is 5.75. The van der Waals surface area contributed by atoms with Crippen LogP contribution in [0.1, 0.15) is 35.2 Å². The van der Waals surface area contributed by atoms with Gasteiger partial charge in [0.25, 0.3) is 0 Å². The zero-order valence-corrected chi connectivity index (χ0v) is 16.8. The van der Waals surface area contributed by atoms with Crippen LogP contribution < -0.4 is 4.90 Å². The first-order valence-corrected chi connectivity index (χ1v) is 10.3. The Bertz CT molecular complexity index is 950. The van der Waals surface area contributed by atoms with E-state index in [1.54, 1.807) is 17.0 Å². The molecule has 2 aliphatic rings. The van der Waals surface area contributed by atoms with E-state index in [0.29, 0.717) is 50.1 Å². The van der Waals surface area contributed by atoms with Crippen molar-refractivity contribution in [2.45, 2.75) is 31.5 Å². The van der Waals surface area contributed by atoms with E-state index in [-0.39, 0.29) is 29.4 Å². The summed E-state index contributed by atoms with van der Waals surface area (Å²) in [5.41, 5.74) is 0.305. The lowest BCUT2D eigenvalue weighted by atomic mass is 9.88. The van der Waals surface area contributed by atoms with Crippen molar-refractivity contribution in [1.82, 2.24) is 4.90 Å². The van der Waals surface area contributed by atoms with Gasteiger partial charge in [-0.25, -0.2) is 0 Å². The van der Waals surface area contributed by atoms with Gasteiger partial charge in [0, 0.05) is 23.7 Å². The zero-order valence-electron chi connectivity index (χ0n) is 16.8. The number of benzene rings is 2. The number of carbonyl (C=O) groups is 2. The second-order valence-electron chi connectivity index (χ2n) is 8.06. The first-order valence-electron chi connectivity index (χ1n) is 10.3. The largest absolute Gasteiger partial charge is 0.508 e. The number of phenols is 1. The normalized spacial score (nSPS) is 20.9. The minimum absolute atomic E-state index is 0.0452. The van der Waals surface area contributed by atoms with Crippen molar-refractivity contribution < 1.29 is 27.9 Å². The molecule has 2 fully saturated rings. The topological polar surface area (TPSA) is 60.9 Å². The van der Waals surface area contributed by atoms with Crippen molar-refractivity contribution in [3.05, 3.63) is 59.7 Å². The lowest BCUT2D eigenvalue weighted by Crippen LogP contribution is -2.46. The number of ketones is 1. The van der Waals surface area contributed by atoms with E-state index >= 15 is 0 Å². The van der Waals surface area contributed by atoms with Crippen molar-refractivity contribution in [2.75, 3.05) is 24.5 Å². The van der Waals surface area contributed by atoms with E-state index < -0.39 is 11.7 Å². The molecule has 0 bridgehead atoms. The number of carbonyl (C=O) groups excluding carboxylic acids is 2. The quantitative estimate of drug-likeness (QED) is 0.739. The molecule has 4 rings (SSSR count). The molecule has 31 heavy (non-hydrogen) atoms. The zero-order chi connectivity index (χ0) is 22.2. The fourth-order valence-electron chi connectivity index (χ4n) is 4.43. The minimum atomic E-state index is -4.40. The van der Waals surface area contributed by atoms with Crippen molar-refractivity contribution in [1.29, 1.82) is 0 Å². The Balaban J connectivity index is 1.36. The number of anilines is 1. The van der Waals surface area contributed by atoms with Crippen LogP contribution in [0.15, 0.2) is 48.5 Å². The molecule has 8 heteroatoms. The second-order valence-corrected chi connectivity index (χ2v) is 8.06. The van der Waals surface area contributed by atoms with E-state index in [0.717, 1.165) is 12.1 Å². The lowest BCUT2D eigenvalue weighted by molar-refractivity contribution is -0.137. The summed E-state index contributed by atoms with van der Waals surface area (Å²) < 4.78 is 38.3. The van der Waals surface area contributed by atoms with Crippen molar-refractivity contribution >= 4 is 17.4 Å². The fraction of sp³-hybridized carbons (Fsp3) is 0.391. The Labute approximate surface area is 178 Å². The fourth-order valence-corrected chi connectivity index (χ4v) is 4.43. The van der Waals surface area contributed by atoms with Crippen LogP contribution >= 0.6 is 0 Å². The Morgan fingerprint density at radius 2 is 1.52 bits per heavy atom. The number of alkyl halides is 3. The molecule has 2 aliphatic heterocycles. The van der Waals surface area contributed by atoms with Crippen LogP contribution in [0.3, 0.4) is 0 Å². The molecule has 2 saturated heterocycles. The maximum absolute atomic E-state index is 12.9. The molecule has 164 valence electrons. The Morgan fingerprint density at radius 3 is 2.10 bits per heavy atom. The van der Waals surface area contributed by atoms with Gasteiger partial charge >= 0.3 is 6.18 Å². The smallest absolute Gasteiger partial charge is 0.416 e. The summed E-state index contributed by atoms with van der Waals surface area (Å²) in [6.07, 6.45) is -2.51. The van der Waals surface area contributed by atoms with Gasteiger partial charge in [0.05, 0.1) is 11.6 Å². The number of Topliss-reactive ketones (excluding diaryl/α,β-unsaturated/α-hetero) is 1. The number of halogens is 3. The molecule has 5 nitrogen and oxygen atoms in total. The summed E-state index contributed by atoms with van der Waals surface area (Å²) in [5.74, 6) is -0.0705. The van der Waals surface area contributed by atoms with Gasteiger partial charge in [0.1, 0.15) is 5.75 Å². The number of likely N-dealkylation sites (tertiary alicyclic amines) is 1. The number of hydrogen-bond donors (Lipinski definition) is 1. The molecule has 1 atom stereocenters. The summed E-state index contributed by atoms with van der Waals surface area (Å²) in [7, 11) is 0. The highest BCUT2D eigenvalue weighted by molar-refractivity contribution is 6.00. The van der Waals surface area contributed by atoms with Gasteiger partial charge in [-0.1, -0.05) is 0 Å². The van der Waals surface area contributed by atoms with Gasteiger partial charge in [-0.2, -0.15) is 13.2 Å². The van der Waals surface area contributed by atoms with E-state index in [9.17, 15) is 27.9 Å². The molecule has 0 aliphatic carbocycles. The van der Waals surface area contributed by atoms with Crippen molar-refractivity contribution in [2.24, 2.45) is 5.92 Å². The van der Waals surface area contributed by atoms with Crippen LogP contribution in [0.4, 0.5) is 18.9 Å². The molecule has 2 aromatic rings. The van der Waals surface area contributed by atoms with Gasteiger partial charge < -0.3 is 10.0 Å². The third-order valence-corrected chi connectivity index (χ3v) is 6.18. The van der Waals surface area contributed by atoms with Crippen LogP contribution in [-0.2, 0) is 11.0 Å². The van der Waals surface area contributed by atoms with Crippen molar-refractivity contribution in [3.8, 4) is 5.75 Å². The summed E-state index contributed by atoms with van der Waals surface area (Å²) >= 11 is 0. The molecular formula is C23H23F3N2O3. The standard InChI is InChI=1S/C23H23F3N2O3/c24-23(25,26)17-3-5-18(6-4-17)28-14-11-20(22(28)31)27-12-9-16(10-13-27)21(30)15-1-7-19(29)8-2-15/h1-8,16,20,29H,9-14H2. The molecule has 1 amide bonds. The molecule has 0 spiro atoms. The summed E-state index contributed by atoms with van der Waals surface area (Å²) in [5, 5.41) is 9.38. The highest BCUT2D eigenvalue weighted by Crippen LogP contribution is 2.33. The molecule has 1 N–H and O–H groups in total. The van der Waals surface area contributed by atoms with E-state index in [1.165, 1.54) is 24.3 Å². The van der Waals surface area contributed by atoms with Crippen LogP contribution in [-0.4, -0.2) is 47.4 Å². The SMILES string of the molecule is O=C(c1ccc(O)cc1)C1CCN(C2CCN(c3ccc(C(F)(F)F)cc3)C2=O)CC1. The number of piperidine rings is 1. The molecule has 2 heterocycles. The first-order chi connectivity index (χ1) is 14.7. The summed E-state index contributed by atoms with van der Waals surface area (Å²) in [4.78, 5) is 29.2. The number of amides is 1. The van der Waals surface area contributed by atoms with Crippen LogP contribution in [0, 0.1) is 5.92 Å². The maximum atomic E-state index is 12.9. The second kappa shape index (κ2) is 8.34. The van der Waals surface area contributed by atoms with E-state index in [1.807, 2.05) is 0 Å². The van der Waals surface area contributed by atoms with E-state index in [4.69, 9.17) is 0 Å².